The lowest BCUT2D eigenvalue weighted by Gasteiger charge is -2.23. The van der Waals surface area contributed by atoms with Gasteiger partial charge in [0.15, 0.2) is 0 Å². The summed E-state index contributed by atoms with van der Waals surface area (Å²) >= 11 is 0. The van der Waals surface area contributed by atoms with Gasteiger partial charge >= 0.3 is 6.03 Å². The summed E-state index contributed by atoms with van der Waals surface area (Å²) in [4.78, 5) is 27.9. The van der Waals surface area contributed by atoms with E-state index in [9.17, 15) is 14.0 Å². The fourth-order valence-electron chi connectivity index (χ4n) is 2.84. The Hall–Kier alpha value is -2.89. The van der Waals surface area contributed by atoms with Gasteiger partial charge in [0.05, 0.1) is 0 Å². The highest BCUT2D eigenvalue weighted by Crippen LogP contribution is 2.28. The number of carbonyl (C=O) groups is 2. The van der Waals surface area contributed by atoms with E-state index < -0.39 is 0 Å². The molecule has 0 saturated heterocycles. The van der Waals surface area contributed by atoms with Crippen molar-refractivity contribution >= 4 is 11.9 Å². The van der Waals surface area contributed by atoms with E-state index in [0.29, 0.717) is 18.7 Å². The lowest BCUT2D eigenvalue weighted by atomic mass is 10.1. The molecule has 5 nitrogen and oxygen atoms in total. The zero-order valence-electron chi connectivity index (χ0n) is 15.6. The minimum Gasteiger partial charge on any atom is -0.345 e. The summed E-state index contributed by atoms with van der Waals surface area (Å²) in [5, 5.41) is 2.94. The normalized spacial score (nSPS) is 13.1. The van der Waals surface area contributed by atoms with E-state index >= 15 is 0 Å². The summed E-state index contributed by atoms with van der Waals surface area (Å²) in [5.74, 6) is -0.331. The quantitative estimate of drug-likeness (QED) is 0.848. The first-order chi connectivity index (χ1) is 12.9. The van der Waals surface area contributed by atoms with Crippen molar-refractivity contribution in [3.63, 3.8) is 0 Å². The molecule has 1 N–H and O–H groups in total. The van der Waals surface area contributed by atoms with Crippen LogP contribution in [0.2, 0.25) is 0 Å². The number of benzene rings is 2. The predicted molar refractivity (Wildman–Crippen MR) is 102 cm³/mol. The summed E-state index contributed by atoms with van der Waals surface area (Å²) in [6.45, 7) is 0.856. The second kappa shape index (κ2) is 8.20. The van der Waals surface area contributed by atoms with Crippen LogP contribution in [0.5, 0.6) is 0 Å². The maximum Gasteiger partial charge on any atom is 0.318 e. The number of halogens is 1. The zero-order chi connectivity index (χ0) is 19.4. The van der Waals surface area contributed by atoms with Crippen LogP contribution < -0.4 is 5.32 Å². The van der Waals surface area contributed by atoms with Crippen LogP contribution in [0.15, 0.2) is 48.5 Å². The molecule has 142 valence electrons. The van der Waals surface area contributed by atoms with Crippen LogP contribution in [0.1, 0.15) is 34.3 Å². The highest BCUT2D eigenvalue weighted by atomic mass is 19.1. The van der Waals surface area contributed by atoms with Crippen molar-refractivity contribution < 1.29 is 14.0 Å². The molecular formula is C21H24FN3O2. The maximum absolute atomic E-state index is 13.1. The Morgan fingerprint density at radius 2 is 1.59 bits per heavy atom. The van der Waals surface area contributed by atoms with Crippen molar-refractivity contribution in [3.8, 4) is 0 Å². The van der Waals surface area contributed by atoms with E-state index in [1.807, 2.05) is 12.1 Å². The van der Waals surface area contributed by atoms with Crippen molar-refractivity contribution in [3.05, 3.63) is 71.0 Å². The van der Waals surface area contributed by atoms with Crippen LogP contribution in [0.4, 0.5) is 9.18 Å². The molecule has 0 atom stereocenters. The molecule has 6 heteroatoms. The van der Waals surface area contributed by atoms with Gasteiger partial charge < -0.3 is 15.1 Å². The molecule has 27 heavy (non-hydrogen) atoms. The number of rotatable bonds is 6. The highest BCUT2D eigenvalue weighted by molar-refractivity contribution is 5.93. The third kappa shape index (κ3) is 5.06. The lowest BCUT2D eigenvalue weighted by Crippen LogP contribution is -2.40. The number of nitrogens with zero attached hydrogens (tertiary/aromatic N) is 2. The molecule has 3 amide bonds. The van der Waals surface area contributed by atoms with Crippen molar-refractivity contribution in [2.45, 2.75) is 32.0 Å². The van der Waals surface area contributed by atoms with Crippen LogP contribution >= 0.6 is 0 Å². The average Bonchev–Trinajstić information content (AvgIpc) is 3.50. The minimum atomic E-state index is -0.280. The van der Waals surface area contributed by atoms with Gasteiger partial charge in [0.1, 0.15) is 5.82 Å². The van der Waals surface area contributed by atoms with Crippen molar-refractivity contribution in [2.24, 2.45) is 0 Å². The molecule has 0 aromatic heterocycles. The molecule has 0 radical (unpaired) electrons. The topological polar surface area (TPSA) is 52.7 Å². The lowest BCUT2D eigenvalue weighted by molar-refractivity contribution is 0.0827. The second-order valence-electron chi connectivity index (χ2n) is 7.04. The second-order valence-corrected chi connectivity index (χ2v) is 7.04. The number of urea groups is 1. The number of carbonyl (C=O) groups excluding carboxylic acids is 2. The van der Waals surface area contributed by atoms with Crippen LogP contribution in [0, 0.1) is 5.82 Å². The van der Waals surface area contributed by atoms with Crippen LogP contribution in [-0.2, 0) is 13.1 Å². The van der Waals surface area contributed by atoms with Gasteiger partial charge in [-0.2, -0.15) is 0 Å². The van der Waals surface area contributed by atoms with Gasteiger partial charge in [0.25, 0.3) is 5.91 Å². The molecule has 1 aliphatic carbocycles. The minimum absolute atomic E-state index is 0.0511. The highest BCUT2D eigenvalue weighted by Gasteiger charge is 2.32. The van der Waals surface area contributed by atoms with Gasteiger partial charge in [-0.05, 0) is 48.2 Å². The molecular weight excluding hydrogens is 345 g/mol. The smallest absolute Gasteiger partial charge is 0.318 e. The van der Waals surface area contributed by atoms with Crippen LogP contribution in [0.3, 0.4) is 0 Å². The van der Waals surface area contributed by atoms with Gasteiger partial charge in [-0.15, -0.1) is 0 Å². The van der Waals surface area contributed by atoms with E-state index in [1.54, 1.807) is 43.3 Å². The van der Waals surface area contributed by atoms with E-state index in [1.165, 1.54) is 17.0 Å². The molecule has 0 bridgehead atoms. The summed E-state index contributed by atoms with van der Waals surface area (Å²) in [6, 6.07) is 13.6. The molecule has 1 aliphatic rings. The Labute approximate surface area is 158 Å². The van der Waals surface area contributed by atoms with E-state index in [-0.39, 0.29) is 23.8 Å². The van der Waals surface area contributed by atoms with Crippen molar-refractivity contribution in [1.29, 1.82) is 0 Å². The molecule has 0 heterocycles. The standard InChI is InChI=1S/C21H24FN3O2/c1-24(2)20(26)17-7-3-15(4-8-17)13-23-21(27)25(19-11-12-19)14-16-5-9-18(22)10-6-16/h3-10,19H,11-14H2,1-2H3,(H,23,27). The Balaban J connectivity index is 1.58. The van der Waals surface area contributed by atoms with Gasteiger partial charge in [0, 0.05) is 38.8 Å². The molecule has 1 fully saturated rings. The third-order valence-electron chi connectivity index (χ3n) is 4.57. The van der Waals surface area contributed by atoms with E-state index in [0.717, 1.165) is 24.0 Å². The summed E-state index contributed by atoms with van der Waals surface area (Å²) in [6.07, 6.45) is 1.99. The van der Waals surface area contributed by atoms with Crippen molar-refractivity contribution in [1.82, 2.24) is 15.1 Å². The molecule has 3 rings (SSSR count). The van der Waals surface area contributed by atoms with Gasteiger partial charge in [-0.1, -0.05) is 24.3 Å². The maximum atomic E-state index is 13.1. The first kappa shape index (κ1) is 18.9. The van der Waals surface area contributed by atoms with Gasteiger partial charge in [-0.3, -0.25) is 4.79 Å². The average molecular weight is 369 g/mol. The number of hydrogen-bond donors (Lipinski definition) is 1. The largest absolute Gasteiger partial charge is 0.345 e. The fraction of sp³-hybridized carbons (Fsp3) is 0.333. The first-order valence-corrected chi connectivity index (χ1v) is 9.03. The zero-order valence-corrected chi connectivity index (χ0v) is 15.6. The Kier molecular flexibility index (Phi) is 5.74. The number of amides is 3. The Morgan fingerprint density at radius 3 is 2.15 bits per heavy atom. The SMILES string of the molecule is CN(C)C(=O)c1ccc(CNC(=O)N(Cc2ccc(F)cc2)C2CC2)cc1. The van der Waals surface area contributed by atoms with Crippen LogP contribution in [0.25, 0.3) is 0 Å². The van der Waals surface area contributed by atoms with E-state index in [4.69, 9.17) is 0 Å². The molecule has 1 saturated carbocycles. The van der Waals surface area contributed by atoms with Gasteiger partial charge in [-0.25, -0.2) is 9.18 Å². The predicted octanol–water partition coefficient (Wildman–Crippen LogP) is 3.40. The summed E-state index contributed by atoms with van der Waals surface area (Å²) in [5.41, 5.74) is 2.45. The monoisotopic (exact) mass is 369 g/mol. The Morgan fingerprint density at radius 1 is 1.00 bits per heavy atom. The molecule has 0 unspecified atom stereocenters. The van der Waals surface area contributed by atoms with Crippen LogP contribution in [-0.4, -0.2) is 41.9 Å². The van der Waals surface area contributed by atoms with Gasteiger partial charge in [0.2, 0.25) is 0 Å². The molecule has 2 aromatic rings. The third-order valence-corrected chi connectivity index (χ3v) is 4.57. The number of hydrogen-bond acceptors (Lipinski definition) is 2. The van der Waals surface area contributed by atoms with Crippen molar-refractivity contribution in [2.75, 3.05) is 14.1 Å². The first-order valence-electron chi connectivity index (χ1n) is 9.03. The Bertz CT molecular complexity index is 799. The summed E-state index contributed by atoms with van der Waals surface area (Å²) in [7, 11) is 3.42. The molecule has 0 spiro atoms. The number of nitrogens with one attached hydrogen (secondary N) is 1. The van der Waals surface area contributed by atoms with E-state index in [2.05, 4.69) is 5.32 Å². The fourth-order valence-corrected chi connectivity index (χ4v) is 2.84. The molecule has 2 aromatic carbocycles. The summed E-state index contributed by atoms with van der Waals surface area (Å²) < 4.78 is 13.1. The molecule has 0 aliphatic heterocycles.